The van der Waals surface area contributed by atoms with Gasteiger partial charge in [-0.1, -0.05) is 12.1 Å². The monoisotopic (exact) mass is 463 g/mol. The zero-order valence-corrected chi connectivity index (χ0v) is 18.7. The minimum atomic E-state index is -4.44. The molecule has 13 heteroatoms. The molecule has 1 aliphatic heterocycles. The number of nitrogens with zero attached hydrogens (tertiary/aromatic N) is 2. The molecule has 0 atom stereocenters. The fourth-order valence-corrected chi connectivity index (χ4v) is 4.98. The molecule has 0 aliphatic carbocycles. The molecule has 0 unspecified atom stereocenters. The van der Waals surface area contributed by atoms with E-state index in [1.807, 2.05) is 0 Å². The van der Waals surface area contributed by atoms with E-state index in [1.165, 1.54) is 21.9 Å². The van der Waals surface area contributed by atoms with Gasteiger partial charge in [0.2, 0.25) is 0 Å². The first-order valence-corrected chi connectivity index (χ1v) is 12.3. The molecule has 2 amide bonds. The average Bonchev–Trinajstić information content (AvgIpc) is 2.64. The van der Waals surface area contributed by atoms with Crippen molar-refractivity contribution in [2.45, 2.75) is 36.2 Å². The average molecular weight is 464 g/mol. The Morgan fingerprint density at radius 2 is 1.37 bits per heavy atom. The number of hydrogen-bond donors (Lipinski definition) is 1. The van der Waals surface area contributed by atoms with Crippen LogP contribution in [-0.2, 0) is 29.4 Å². The third-order valence-corrected chi connectivity index (χ3v) is 6.49. The van der Waals surface area contributed by atoms with Gasteiger partial charge in [-0.15, -0.1) is 0 Å². The van der Waals surface area contributed by atoms with Crippen LogP contribution in [0, 0.1) is 0 Å². The highest BCUT2D eigenvalue weighted by Gasteiger charge is 2.30. The van der Waals surface area contributed by atoms with Crippen molar-refractivity contribution in [3.05, 3.63) is 24.3 Å². The molecular formula is C17H25N3O8S2. The lowest BCUT2D eigenvalue weighted by Crippen LogP contribution is -2.52. The molecule has 1 heterocycles. The molecule has 1 N–H and O–H groups in total. The maximum atomic E-state index is 12.4. The van der Waals surface area contributed by atoms with E-state index >= 15 is 0 Å². The third kappa shape index (κ3) is 6.31. The molecule has 30 heavy (non-hydrogen) atoms. The van der Waals surface area contributed by atoms with Crippen molar-refractivity contribution >= 4 is 32.0 Å². The normalized spacial score (nSPS) is 15.6. The SMILES string of the molecule is CC(C)(C)OC(=O)N1CCN(C(=O)ONS(=O)(=O)c2ccccc2S(C)(=O)=O)CC1. The summed E-state index contributed by atoms with van der Waals surface area (Å²) in [7, 11) is -8.26. The zero-order chi connectivity index (χ0) is 22.7. The lowest BCUT2D eigenvalue weighted by Gasteiger charge is -2.34. The first-order chi connectivity index (χ1) is 13.7. The van der Waals surface area contributed by atoms with Crippen molar-refractivity contribution in [2.75, 3.05) is 32.4 Å². The molecule has 11 nitrogen and oxygen atoms in total. The number of sulfonamides is 1. The topological polar surface area (TPSA) is 139 Å². The van der Waals surface area contributed by atoms with Gasteiger partial charge in [-0.25, -0.2) is 26.4 Å². The molecule has 1 aromatic rings. The Kier molecular flexibility index (Phi) is 6.99. The molecule has 0 radical (unpaired) electrons. The molecule has 168 valence electrons. The number of carbonyl (C=O) groups is 2. The molecule has 2 rings (SSSR count). The van der Waals surface area contributed by atoms with Gasteiger partial charge in [0.1, 0.15) is 10.5 Å². The quantitative estimate of drug-likeness (QED) is 0.652. The van der Waals surface area contributed by atoms with E-state index < -0.39 is 47.4 Å². The summed E-state index contributed by atoms with van der Waals surface area (Å²) in [6, 6.07) is 4.96. The number of carbonyl (C=O) groups excluding carboxylic acids is 2. The van der Waals surface area contributed by atoms with Crippen LogP contribution >= 0.6 is 0 Å². The molecule has 0 saturated carbocycles. The standard InChI is InChI=1S/C17H25N3O8S2/c1-17(2,3)27-15(21)19-9-11-20(12-10-19)16(22)28-18-30(25,26)14-8-6-5-7-13(14)29(4,23)24/h5-8,18H,9-12H2,1-4H3. The largest absolute Gasteiger partial charge is 0.444 e. The molecule has 0 spiro atoms. The number of sulfone groups is 1. The highest BCUT2D eigenvalue weighted by atomic mass is 32.2. The van der Waals surface area contributed by atoms with E-state index in [1.54, 1.807) is 25.7 Å². The fourth-order valence-electron chi connectivity index (χ4n) is 2.58. The van der Waals surface area contributed by atoms with Crippen LogP contribution in [-0.4, -0.2) is 76.9 Å². The number of benzene rings is 1. The Bertz CT molecular complexity index is 1010. The Hall–Kier alpha value is -2.38. The second-order valence-electron chi connectivity index (χ2n) is 7.63. The summed E-state index contributed by atoms with van der Waals surface area (Å²) < 4.78 is 53.7. The highest BCUT2D eigenvalue weighted by molar-refractivity contribution is 7.93. The van der Waals surface area contributed by atoms with Crippen molar-refractivity contribution < 1.29 is 36.0 Å². The summed E-state index contributed by atoms with van der Waals surface area (Å²) in [5, 5.41) is 0. The summed E-state index contributed by atoms with van der Waals surface area (Å²) in [5.74, 6) is 0. The summed E-state index contributed by atoms with van der Waals surface area (Å²) >= 11 is 0. The van der Waals surface area contributed by atoms with Gasteiger partial charge in [0, 0.05) is 32.4 Å². The number of ether oxygens (including phenoxy) is 1. The number of hydrogen-bond acceptors (Lipinski definition) is 8. The minimum absolute atomic E-state index is 0.111. The van der Waals surface area contributed by atoms with Crippen LogP contribution in [0.5, 0.6) is 0 Å². The summed E-state index contributed by atoms with van der Waals surface area (Å²) in [4.78, 5) is 32.3. The zero-order valence-electron chi connectivity index (χ0n) is 17.1. The van der Waals surface area contributed by atoms with Crippen LogP contribution in [0.1, 0.15) is 20.8 Å². The first-order valence-electron chi connectivity index (χ1n) is 8.95. The number of amides is 2. The van der Waals surface area contributed by atoms with Gasteiger partial charge in [-0.05, 0) is 37.8 Å². The van der Waals surface area contributed by atoms with Gasteiger partial charge in [-0.2, -0.15) is 0 Å². The minimum Gasteiger partial charge on any atom is -0.444 e. The first kappa shape index (κ1) is 23.9. The van der Waals surface area contributed by atoms with Crippen molar-refractivity contribution in [1.29, 1.82) is 0 Å². The Morgan fingerprint density at radius 3 is 1.83 bits per heavy atom. The third-order valence-electron chi connectivity index (χ3n) is 3.97. The van der Waals surface area contributed by atoms with E-state index in [-0.39, 0.29) is 26.2 Å². The van der Waals surface area contributed by atoms with Gasteiger partial charge in [0.15, 0.2) is 9.84 Å². The molecule has 1 fully saturated rings. The Balaban J connectivity index is 1.97. The maximum Gasteiger partial charge on any atom is 0.429 e. The number of piperazine rings is 1. The van der Waals surface area contributed by atoms with Crippen molar-refractivity contribution in [2.24, 2.45) is 0 Å². The molecule has 1 aliphatic rings. The van der Waals surface area contributed by atoms with Gasteiger partial charge in [0.25, 0.3) is 10.0 Å². The van der Waals surface area contributed by atoms with Crippen LogP contribution in [0.2, 0.25) is 0 Å². The van der Waals surface area contributed by atoms with Crippen molar-refractivity contribution in [3.8, 4) is 0 Å². The van der Waals surface area contributed by atoms with Gasteiger partial charge >= 0.3 is 12.2 Å². The van der Waals surface area contributed by atoms with Gasteiger partial charge in [-0.3, -0.25) is 0 Å². The molecule has 0 bridgehead atoms. The van der Waals surface area contributed by atoms with E-state index in [9.17, 15) is 26.4 Å². The van der Waals surface area contributed by atoms with Crippen LogP contribution in [0.3, 0.4) is 0 Å². The second kappa shape index (κ2) is 8.78. The predicted molar refractivity (Wildman–Crippen MR) is 106 cm³/mol. The smallest absolute Gasteiger partial charge is 0.429 e. The number of rotatable bonds is 4. The van der Waals surface area contributed by atoms with E-state index in [0.29, 0.717) is 0 Å². The van der Waals surface area contributed by atoms with Crippen molar-refractivity contribution in [1.82, 2.24) is 14.7 Å². The molecule has 0 aromatic heterocycles. The molecular weight excluding hydrogens is 438 g/mol. The lowest BCUT2D eigenvalue weighted by atomic mass is 10.2. The second-order valence-corrected chi connectivity index (χ2v) is 11.2. The summed E-state index contributed by atoms with van der Waals surface area (Å²) in [6.45, 7) is 5.83. The summed E-state index contributed by atoms with van der Waals surface area (Å²) in [6.07, 6.45) is -0.606. The highest BCUT2D eigenvalue weighted by Crippen LogP contribution is 2.20. The fraction of sp³-hybridized carbons (Fsp3) is 0.529. The van der Waals surface area contributed by atoms with Crippen LogP contribution in [0.15, 0.2) is 34.1 Å². The van der Waals surface area contributed by atoms with Crippen molar-refractivity contribution in [3.63, 3.8) is 0 Å². The van der Waals surface area contributed by atoms with Gasteiger partial charge < -0.3 is 19.4 Å². The van der Waals surface area contributed by atoms with E-state index in [2.05, 4.69) is 4.84 Å². The van der Waals surface area contributed by atoms with Crippen LogP contribution < -0.4 is 4.89 Å². The van der Waals surface area contributed by atoms with Crippen LogP contribution in [0.4, 0.5) is 9.59 Å². The Labute approximate surface area is 175 Å². The molecule has 1 aromatic carbocycles. The van der Waals surface area contributed by atoms with E-state index in [0.717, 1.165) is 18.4 Å². The van der Waals surface area contributed by atoms with Crippen LogP contribution in [0.25, 0.3) is 0 Å². The summed E-state index contributed by atoms with van der Waals surface area (Å²) in [5.41, 5.74) is -0.645. The number of nitrogens with one attached hydrogen (secondary N) is 1. The lowest BCUT2D eigenvalue weighted by molar-refractivity contribution is 0.0115. The maximum absolute atomic E-state index is 12.4. The molecule has 1 saturated heterocycles. The van der Waals surface area contributed by atoms with Gasteiger partial charge in [0.05, 0.1) is 4.90 Å². The van der Waals surface area contributed by atoms with E-state index in [4.69, 9.17) is 4.74 Å². The Morgan fingerprint density at radius 1 is 0.900 bits per heavy atom. The predicted octanol–water partition coefficient (Wildman–Crippen LogP) is 0.973.